The Kier molecular flexibility index (Phi) is 7.26. The first kappa shape index (κ1) is 19.4. The van der Waals surface area contributed by atoms with Crippen LogP contribution in [0.2, 0.25) is 18.1 Å². The van der Waals surface area contributed by atoms with E-state index >= 15 is 0 Å². The van der Waals surface area contributed by atoms with Gasteiger partial charge < -0.3 is 4.43 Å². The predicted molar refractivity (Wildman–Crippen MR) is 95.9 cm³/mol. The van der Waals surface area contributed by atoms with Crippen LogP contribution in [0.4, 0.5) is 0 Å². The predicted octanol–water partition coefficient (Wildman–Crippen LogP) is 4.22. The fraction of sp³-hybridized carbons (Fsp3) is 0.882. The van der Waals surface area contributed by atoms with Crippen molar-refractivity contribution in [3.8, 4) is 0 Å². The number of hydrogen-bond acceptors (Lipinski definition) is 4. The van der Waals surface area contributed by atoms with Crippen LogP contribution in [0.25, 0.3) is 0 Å². The van der Waals surface area contributed by atoms with Gasteiger partial charge in [-0.25, -0.2) is 0 Å². The van der Waals surface area contributed by atoms with Crippen LogP contribution in [0, 0.1) is 0 Å². The number of ketones is 1. The number of piperidine rings is 1. The largest absolute Gasteiger partial charge is 0.414 e. The number of carbonyl (C=O) groups excluding carboxylic acids is 1. The molecule has 128 valence electrons. The quantitative estimate of drug-likeness (QED) is 0.519. The highest BCUT2D eigenvalue weighted by Gasteiger charge is 2.38. The molecule has 0 radical (unpaired) electrons. The second-order valence-electron chi connectivity index (χ2n) is 7.95. The fourth-order valence-corrected chi connectivity index (χ4v) is 3.82. The Balaban J connectivity index is 2.33. The minimum Gasteiger partial charge on any atom is -0.414 e. The number of hydrazone groups is 1. The standard InChI is InChI=1S/C17H34N2O2Si/c1-15(21-22(5,6)17(2,3)4)14-16(20)10-11-18-19-12-8-7-9-13-19/h11,15H,7-10,12-14H2,1-6H3/b18-11+. The second kappa shape index (κ2) is 8.25. The molecule has 4 nitrogen and oxygen atoms in total. The van der Waals surface area contributed by atoms with Gasteiger partial charge in [-0.05, 0) is 44.3 Å². The Morgan fingerprint density at radius 1 is 1.27 bits per heavy atom. The van der Waals surface area contributed by atoms with Crippen molar-refractivity contribution in [2.24, 2.45) is 5.10 Å². The summed E-state index contributed by atoms with van der Waals surface area (Å²) in [5.74, 6) is 0.215. The molecule has 1 aliphatic rings. The van der Waals surface area contributed by atoms with Gasteiger partial charge in [-0.3, -0.25) is 9.80 Å². The molecule has 0 aromatic rings. The lowest BCUT2D eigenvalue weighted by atomic mass is 10.1. The van der Waals surface area contributed by atoms with Crippen molar-refractivity contribution >= 4 is 20.3 Å². The average Bonchev–Trinajstić information content (AvgIpc) is 2.37. The van der Waals surface area contributed by atoms with Gasteiger partial charge >= 0.3 is 0 Å². The van der Waals surface area contributed by atoms with E-state index in [4.69, 9.17) is 4.43 Å². The highest BCUT2D eigenvalue weighted by atomic mass is 28.4. The molecule has 0 aliphatic carbocycles. The average molecular weight is 327 g/mol. The number of hydrogen-bond donors (Lipinski definition) is 0. The van der Waals surface area contributed by atoms with Crippen molar-refractivity contribution in [2.45, 2.75) is 84.0 Å². The summed E-state index contributed by atoms with van der Waals surface area (Å²) >= 11 is 0. The van der Waals surface area contributed by atoms with E-state index in [2.05, 4.69) is 44.0 Å². The maximum atomic E-state index is 12.1. The van der Waals surface area contributed by atoms with Crippen LogP contribution < -0.4 is 0 Å². The molecule has 0 saturated carbocycles. The molecule has 22 heavy (non-hydrogen) atoms. The van der Waals surface area contributed by atoms with E-state index in [1.807, 2.05) is 6.92 Å². The second-order valence-corrected chi connectivity index (χ2v) is 12.7. The molecule has 0 aromatic carbocycles. The van der Waals surface area contributed by atoms with Crippen molar-refractivity contribution in [2.75, 3.05) is 13.1 Å². The molecule has 0 aromatic heterocycles. The van der Waals surface area contributed by atoms with E-state index in [0.717, 1.165) is 13.1 Å². The molecule has 0 bridgehead atoms. The summed E-state index contributed by atoms with van der Waals surface area (Å²) in [7, 11) is -1.79. The van der Waals surface area contributed by atoms with Crippen molar-refractivity contribution < 1.29 is 9.22 Å². The number of Topliss-reactive ketones (excluding diaryl/α,β-unsaturated/α-hetero) is 1. The molecule has 0 N–H and O–H groups in total. The zero-order valence-corrected chi connectivity index (χ0v) is 16.3. The molecule has 5 heteroatoms. The van der Waals surface area contributed by atoms with Gasteiger partial charge in [0.15, 0.2) is 8.32 Å². The number of nitrogens with zero attached hydrogens (tertiary/aromatic N) is 2. The highest BCUT2D eigenvalue weighted by molar-refractivity contribution is 6.74. The van der Waals surface area contributed by atoms with E-state index in [0.29, 0.717) is 12.8 Å². The molecule has 0 amide bonds. The SMILES string of the molecule is CC(CC(=O)C/C=N/N1CCCCC1)O[Si](C)(C)C(C)(C)C. The molecule has 1 heterocycles. The van der Waals surface area contributed by atoms with E-state index in [9.17, 15) is 4.79 Å². The van der Waals surface area contributed by atoms with Crippen molar-refractivity contribution in [1.29, 1.82) is 0 Å². The van der Waals surface area contributed by atoms with Gasteiger partial charge in [0.25, 0.3) is 0 Å². The summed E-state index contributed by atoms with van der Waals surface area (Å²) in [6, 6.07) is 0. The van der Waals surface area contributed by atoms with Crippen LogP contribution in [0.15, 0.2) is 5.10 Å². The van der Waals surface area contributed by atoms with Gasteiger partial charge in [-0.1, -0.05) is 20.8 Å². The van der Waals surface area contributed by atoms with E-state index in [1.54, 1.807) is 6.21 Å². The lowest BCUT2D eigenvalue weighted by Gasteiger charge is -2.38. The van der Waals surface area contributed by atoms with Gasteiger partial charge in [0.05, 0.1) is 0 Å². The summed E-state index contributed by atoms with van der Waals surface area (Å²) in [4.78, 5) is 12.1. The minimum absolute atomic E-state index is 0.00298. The fourth-order valence-electron chi connectivity index (χ4n) is 2.38. The molecule has 1 atom stereocenters. The summed E-state index contributed by atoms with van der Waals surface area (Å²) in [6.07, 6.45) is 6.39. The van der Waals surface area contributed by atoms with Crippen LogP contribution in [0.1, 0.15) is 59.8 Å². The lowest BCUT2D eigenvalue weighted by molar-refractivity contribution is -0.119. The van der Waals surface area contributed by atoms with Crippen LogP contribution in [0.3, 0.4) is 0 Å². The van der Waals surface area contributed by atoms with Gasteiger partial charge in [0.2, 0.25) is 0 Å². The summed E-state index contributed by atoms with van der Waals surface area (Å²) < 4.78 is 6.23. The Bertz CT molecular complexity index is 383. The van der Waals surface area contributed by atoms with Crippen molar-refractivity contribution in [3.63, 3.8) is 0 Å². The third kappa shape index (κ3) is 6.61. The highest BCUT2D eigenvalue weighted by Crippen LogP contribution is 2.37. The monoisotopic (exact) mass is 326 g/mol. The molecule has 0 spiro atoms. The topological polar surface area (TPSA) is 41.9 Å². The van der Waals surface area contributed by atoms with E-state index in [-0.39, 0.29) is 16.9 Å². The normalized spacial score (nSPS) is 18.7. The van der Waals surface area contributed by atoms with Crippen LogP contribution in [0.5, 0.6) is 0 Å². The number of carbonyl (C=O) groups is 1. The van der Waals surface area contributed by atoms with Gasteiger partial charge in [0.1, 0.15) is 5.78 Å². The molecule has 1 saturated heterocycles. The van der Waals surface area contributed by atoms with Gasteiger partial charge in [-0.2, -0.15) is 5.10 Å². The smallest absolute Gasteiger partial charge is 0.192 e. The van der Waals surface area contributed by atoms with Crippen molar-refractivity contribution in [3.05, 3.63) is 0 Å². The Morgan fingerprint density at radius 2 is 1.86 bits per heavy atom. The molecule has 1 unspecified atom stereocenters. The van der Waals surface area contributed by atoms with Crippen LogP contribution in [-0.4, -0.2) is 44.5 Å². The van der Waals surface area contributed by atoms with Crippen LogP contribution in [-0.2, 0) is 9.22 Å². The maximum absolute atomic E-state index is 12.1. The lowest BCUT2D eigenvalue weighted by Crippen LogP contribution is -2.43. The first-order chi connectivity index (χ1) is 10.1. The first-order valence-electron chi connectivity index (χ1n) is 8.59. The molecule has 1 rings (SSSR count). The van der Waals surface area contributed by atoms with Crippen LogP contribution >= 0.6 is 0 Å². The molecule has 1 aliphatic heterocycles. The number of rotatable bonds is 7. The zero-order chi connectivity index (χ0) is 16.8. The Labute approximate surface area is 137 Å². The van der Waals surface area contributed by atoms with E-state index < -0.39 is 8.32 Å². The van der Waals surface area contributed by atoms with Gasteiger partial charge in [0, 0.05) is 38.2 Å². The van der Waals surface area contributed by atoms with E-state index in [1.165, 1.54) is 19.3 Å². The molecular formula is C17H34N2O2Si. The summed E-state index contributed by atoms with van der Waals surface area (Å²) in [5, 5.41) is 6.66. The third-order valence-electron chi connectivity index (χ3n) is 4.71. The third-order valence-corrected chi connectivity index (χ3v) is 9.32. The first-order valence-corrected chi connectivity index (χ1v) is 11.5. The Hall–Kier alpha value is -0.683. The minimum atomic E-state index is -1.79. The Morgan fingerprint density at radius 3 is 2.41 bits per heavy atom. The summed E-state index contributed by atoms with van der Waals surface area (Å²) in [5.41, 5.74) is 0. The summed E-state index contributed by atoms with van der Waals surface area (Å²) in [6.45, 7) is 15.2. The van der Waals surface area contributed by atoms with Gasteiger partial charge in [-0.15, -0.1) is 0 Å². The molecular weight excluding hydrogens is 292 g/mol. The van der Waals surface area contributed by atoms with Crippen molar-refractivity contribution in [1.82, 2.24) is 5.01 Å². The maximum Gasteiger partial charge on any atom is 0.192 e. The zero-order valence-electron chi connectivity index (χ0n) is 15.3. The molecule has 1 fully saturated rings.